The van der Waals surface area contributed by atoms with E-state index in [1.54, 1.807) is 13.8 Å². The van der Waals surface area contributed by atoms with Gasteiger partial charge in [0.25, 0.3) is 0 Å². The van der Waals surface area contributed by atoms with Crippen LogP contribution in [0.1, 0.15) is 27.2 Å². The molecule has 0 saturated carbocycles. The highest BCUT2D eigenvalue weighted by molar-refractivity contribution is 5.85. The van der Waals surface area contributed by atoms with Crippen LogP contribution in [0.5, 0.6) is 0 Å². The van der Waals surface area contributed by atoms with Crippen LogP contribution in [0.15, 0.2) is 0 Å². The molecule has 4 nitrogen and oxygen atoms in total. The smallest absolute Gasteiger partial charge is 0.190 e. The highest BCUT2D eigenvalue weighted by Gasteiger charge is 2.38. The van der Waals surface area contributed by atoms with Crippen LogP contribution in [-0.2, 0) is 14.3 Å². The van der Waals surface area contributed by atoms with Crippen molar-refractivity contribution in [2.75, 3.05) is 6.61 Å². The summed E-state index contributed by atoms with van der Waals surface area (Å²) in [7, 11) is 0. The molecule has 1 aliphatic rings. The van der Waals surface area contributed by atoms with Gasteiger partial charge >= 0.3 is 0 Å². The summed E-state index contributed by atoms with van der Waals surface area (Å²) in [6, 6.07) is 0. The average Bonchev–Trinajstić information content (AvgIpc) is 2.08. The first-order valence-corrected chi connectivity index (χ1v) is 4.49. The Bertz CT molecular complexity index is 200. The molecule has 0 aliphatic carbocycles. The van der Waals surface area contributed by atoms with Crippen molar-refractivity contribution in [1.82, 2.24) is 0 Å². The topological polar surface area (TPSA) is 55.8 Å². The minimum atomic E-state index is -0.769. The summed E-state index contributed by atoms with van der Waals surface area (Å²) in [6.07, 6.45) is -0.948. The highest BCUT2D eigenvalue weighted by Crippen LogP contribution is 2.22. The number of aliphatic hydroxyl groups is 1. The summed E-state index contributed by atoms with van der Waals surface area (Å²) >= 11 is 0. The molecule has 76 valence electrons. The van der Waals surface area contributed by atoms with E-state index >= 15 is 0 Å². The standard InChI is InChI=1S/C9H16O4/c1-4-6(10)8-7(11)5-12-9(2,3)13-8/h6,8,10H,4-5H2,1-3H3/t6-,8-/m0/s1. The second-order valence-electron chi connectivity index (χ2n) is 3.67. The lowest BCUT2D eigenvalue weighted by molar-refractivity contribution is -0.270. The summed E-state index contributed by atoms with van der Waals surface area (Å²) in [6.45, 7) is 5.29. The summed E-state index contributed by atoms with van der Waals surface area (Å²) in [5, 5.41) is 9.48. The van der Waals surface area contributed by atoms with E-state index in [1.807, 2.05) is 6.92 Å². The second kappa shape index (κ2) is 3.74. The largest absolute Gasteiger partial charge is 0.390 e. The van der Waals surface area contributed by atoms with Gasteiger partial charge < -0.3 is 14.6 Å². The quantitative estimate of drug-likeness (QED) is 0.684. The molecule has 0 unspecified atom stereocenters. The summed E-state index contributed by atoms with van der Waals surface area (Å²) in [5.41, 5.74) is 0. The molecule has 4 heteroatoms. The molecule has 0 amide bonds. The molecule has 1 fully saturated rings. The Balaban J connectivity index is 2.65. The number of hydrogen-bond donors (Lipinski definition) is 1. The van der Waals surface area contributed by atoms with Gasteiger partial charge in [-0.3, -0.25) is 4.79 Å². The van der Waals surface area contributed by atoms with Crippen molar-refractivity contribution < 1.29 is 19.4 Å². The van der Waals surface area contributed by atoms with Crippen LogP contribution in [0.3, 0.4) is 0 Å². The highest BCUT2D eigenvalue weighted by atomic mass is 16.7. The van der Waals surface area contributed by atoms with E-state index in [2.05, 4.69) is 0 Å². The van der Waals surface area contributed by atoms with Crippen molar-refractivity contribution in [3.8, 4) is 0 Å². The van der Waals surface area contributed by atoms with Crippen molar-refractivity contribution >= 4 is 5.78 Å². The van der Waals surface area contributed by atoms with Crippen LogP contribution in [0.4, 0.5) is 0 Å². The predicted molar refractivity (Wildman–Crippen MR) is 46.2 cm³/mol. The van der Waals surface area contributed by atoms with Crippen molar-refractivity contribution in [3.05, 3.63) is 0 Å². The van der Waals surface area contributed by atoms with Crippen molar-refractivity contribution in [3.63, 3.8) is 0 Å². The normalized spacial score (nSPS) is 30.2. The first-order chi connectivity index (χ1) is 5.96. The Morgan fingerprint density at radius 3 is 2.85 bits per heavy atom. The Kier molecular flexibility index (Phi) is 3.05. The molecule has 1 rings (SSSR count). The van der Waals surface area contributed by atoms with E-state index < -0.39 is 18.0 Å². The third-order valence-electron chi connectivity index (χ3n) is 2.06. The molecule has 1 aliphatic heterocycles. The molecule has 0 bridgehead atoms. The second-order valence-corrected chi connectivity index (χ2v) is 3.67. The van der Waals surface area contributed by atoms with Crippen molar-refractivity contribution in [2.24, 2.45) is 0 Å². The van der Waals surface area contributed by atoms with Crippen LogP contribution < -0.4 is 0 Å². The number of aliphatic hydroxyl groups excluding tert-OH is 1. The number of ketones is 1. The SMILES string of the molecule is CC[C@H](O)[C@@H]1OC(C)(C)OCC1=O. The number of carbonyl (C=O) groups is 1. The average molecular weight is 188 g/mol. The zero-order valence-electron chi connectivity index (χ0n) is 8.24. The number of hydrogen-bond acceptors (Lipinski definition) is 4. The van der Waals surface area contributed by atoms with E-state index in [9.17, 15) is 9.90 Å². The van der Waals surface area contributed by atoms with Gasteiger partial charge in [0.15, 0.2) is 11.6 Å². The lowest BCUT2D eigenvalue weighted by atomic mass is 10.1. The van der Waals surface area contributed by atoms with E-state index in [-0.39, 0.29) is 12.4 Å². The number of carbonyl (C=O) groups excluding carboxylic acids is 1. The zero-order chi connectivity index (χ0) is 10.1. The van der Waals surface area contributed by atoms with E-state index in [0.29, 0.717) is 6.42 Å². The van der Waals surface area contributed by atoms with Crippen LogP contribution in [-0.4, -0.2) is 35.5 Å². The van der Waals surface area contributed by atoms with Gasteiger partial charge in [-0.25, -0.2) is 0 Å². The Morgan fingerprint density at radius 1 is 1.69 bits per heavy atom. The fourth-order valence-corrected chi connectivity index (χ4v) is 1.24. The number of rotatable bonds is 2. The molecule has 0 spiro atoms. The molecule has 1 N–H and O–H groups in total. The molecule has 0 radical (unpaired) electrons. The molecular weight excluding hydrogens is 172 g/mol. The minimum absolute atomic E-state index is 0.0225. The lowest BCUT2D eigenvalue weighted by Gasteiger charge is -2.36. The third kappa shape index (κ3) is 2.49. The van der Waals surface area contributed by atoms with Gasteiger partial charge in [0.2, 0.25) is 0 Å². The molecular formula is C9H16O4. The maximum absolute atomic E-state index is 11.3. The van der Waals surface area contributed by atoms with Crippen LogP contribution in [0, 0.1) is 0 Å². The summed E-state index contributed by atoms with van der Waals surface area (Å²) in [4.78, 5) is 11.3. The molecule has 1 heterocycles. The Morgan fingerprint density at radius 2 is 2.31 bits per heavy atom. The fraction of sp³-hybridized carbons (Fsp3) is 0.889. The third-order valence-corrected chi connectivity index (χ3v) is 2.06. The van der Waals surface area contributed by atoms with Gasteiger partial charge in [-0.05, 0) is 20.3 Å². The predicted octanol–water partition coefficient (Wildman–Crippen LogP) is 0.478. The Hall–Kier alpha value is -0.450. The van der Waals surface area contributed by atoms with E-state index in [1.165, 1.54) is 0 Å². The summed E-state index contributed by atoms with van der Waals surface area (Å²) < 4.78 is 10.4. The first kappa shape index (κ1) is 10.6. The monoisotopic (exact) mass is 188 g/mol. The van der Waals surface area contributed by atoms with Gasteiger partial charge in [0.05, 0.1) is 6.10 Å². The fourth-order valence-electron chi connectivity index (χ4n) is 1.24. The number of ether oxygens (including phenoxy) is 2. The molecule has 0 aromatic rings. The lowest BCUT2D eigenvalue weighted by Crippen LogP contribution is -2.51. The van der Waals surface area contributed by atoms with Crippen LogP contribution >= 0.6 is 0 Å². The molecule has 0 aromatic heterocycles. The molecule has 2 atom stereocenters. The van der Waals surface area contributed by atoms with Crippen LogP contribution in [0.25, 0.3) is 0 Å². The van der Waals surface area contributed by atoms with E-state index in [0.717, 1.165) is 0 Å². The van der Waals surface area contributed by atoms with Gasteiger partial charge in [-0.1, -0.05) is 6.92 Å². The van der Waals surface area contributed by atoms with Crippen molar-refractivity contribution in [2.45, 2.75) is 45.2 Å². The minimum Gasteiger partial charge on any atom is -0.390 e. The van der Waals surface area contributed by atoms with Gasteiger partial charge in [0, 0.05) is 0 Å². The van der Waals surface area contributed by atoms with E-state index in [4.69, 9.17) is 9.47 Å². The number of Topliss-reactive ketones (excluding diaryl/α,β-unsaturated/α-hetero) is 1. The van der Waals surface area contributed by atoms with Crippen LogP contribution in [0.2, 0.25) is 0 Å². The molecule has 1 saturated heterocycles. The molecule has 0 aromatic carbocycles. The van der Waals surface area contributed by atoms with Gasteiger partial charge in [-0.2, -0.15) is 0 Å². The Labute approximate surface area is 77.8 Å². The molecule has 13 heavy (non-hydrogen) atoms. The van der Waals surface area contributed by atoms with Crippen molar-refractivity contribution in [1.29, 1.82) is 0 Å². The first-order valence-electron chi connectivity index (χ1n) is 4.49. The van der Waals surface area contributed by atoms with Gasteiger partial charge in [0.1, 0.15) is 12.7 Å². The maximum Gasteiger partial charge on any atom is 0.190 e. The zero-order valence-corrected chi connectivity index (χ0v) is 8.24. The summed E-state index contributed by atoms with van der Waals surface area (Å²) in [5.74, 6) is -0.956. The van der Waals surface area contributed by atoms with Gasteiger partial charge in [-0.15, -0.1) is 0 Å². The maximum atomic E-state index is 11.3.